The normalized spacial score (nSPS) is 10.7. The van der Waals surface area contributed by atoms with Gasteiger partial charge in [-0.2, -0.15) is 0 Å². The minimum absolute atomic E-state index is 0.163. The van der Waals surface area contributed by atoms with Gasteiger partial charge in [0.15, 0.2) is 0 Å². The van der Waals surface area contributed by atoms with Crippen molar-refractivity contribution in [3.05, 3.63) is 44.3 Å². The predicted octanol–water partition coefficient (Wildman–Crippen LogP) is 3.13. The number of aromatic nitrogens is 2. The molecule has 1 aromatic heterocycles. The summed E-state index contributed by atoms with van der Waals surface area (Å²) < 4.78 is 1.50. The van der Waals surface area contributed by atoms with Gasteiger partial charge in [-0.3, -0.25) is 9.36 Å². The largest absolute Gasteiger partial charge is 0.393 e. The van der Waals surface area contributed by atoms with Crippen molar-refractivity contribution in [1.29, 1.82) is 0 Å². The summed E-state index contributed by atoms with van der Waals surface area (Å²) in [6, 6.07) is 5.07. The van der Waals surface area contributed by atoms with Gasteiger partial charge in [-0.05, 0) is 32.0 Å². The molecule has 0 atom stereocenters. The van der Waals surface area contributed by atoms with Gasteiger partial charge >= 0.3 is 0 Å². The van der Waals surface area contributed by atoms with Crippen LogP contribution in [0.1, 0.15) is 12.6 Å². The average molecular weight is 298 g/mol. The summed E-state index contributed by atoms with van der Waals surface area (Å²) in [4.78, 5) is 16.5. The minimum Gasteiger partial charge on any atom is -0.393 e. The Morgan fingerprint density at radius 1 is 1.37 bits per heavy atom. The van der Waals surface area contributed by atoms with Gasteiger partial charge in [-0.15, -0.1) is 0 Å². The molecule has 0 aliphatic heterocycles. The van der Waals surface area contributed by atoms with Crippen molar-refractivity contribution >= 4 is 28.9 Å². The van der Waals surface area contributed by atoms with Gasteiger partial charge in [-0.25, -0.2) is 4.98 Å². The number of hydrogen-bond donors (Lipinski definition) is 1. The van der Waals surface area contributed by atoms with Crippen LogP contribution < -0.4 is 11.3 Å². The molecule has 1 heterocycles. The molecule has 19 heavy (non-hydrogen) atoms. The van der Waals surface area contributed by atoms with E-state index in [1.165, 1.54) is 4.57 Å². The van der Waals surface area contributed by atoms with Crippen LogP contribution in [0.25, 0.3) is 11.4 Å². The van der Waals surface area contributed by atoms with E-state index in [4.69, 9.17) is 28.9 Å². The molecule has 0 bridgehead atoms. The molecule has 0 fully saturated rings. The van der Waals surface area contributed by atoms with Crippen LogP contribution in [-0.2, 0) is 6.54 Å². The van der Waals surface area contributed by atoms with E-state index in [1.54, 1.807) is 25.1 Å². The van der Waals surface area contributed by atoms with Crippen LogP contribution in [-0.4, -0.2) is 9.55 Å². The number of rotatable bonds is 2. The van der Waals surface area contributed by atoms with Crippen molar-refractivity contribution in [2.24, 2.45) is 0 Å². The second-order valence-corrected chi connectivity index (χ2v) is 4.95. The maximum atomic E-state index is 12.1. The van der Waals surface area contributed by atoms with E-state index in [2.05, 4.69) is 4.98 Å². The zero-order chi connectivity index (χ0) is 14.2. The highest BCUT2D eigenvalue weighted by Gasteiger charge is 2.14. The number of aryl methyl sites for hydroxylation is 1. The number of nitrogens with zero attached hydrogens (tertiary/aromatic N) is 2. The fourth-order valence-electron chi connectivity index (χ4n) is 1.85. The molecule has 0 saturated heterocycles. The third-order valence-electron chi connectivity index (χ3n) is 2.88. The van der Waals surface area contributed by atoms with E-state index in [0.29, 0.717) is 33.7 Å². The summed E-state index contributed by atoms with van der Waals surface area (Å²) in [6.07, 6.45) is 0. The van der Waals surface area contributed by atoms with Gasteiger partial charge < -0.3 is 5.73 Å². The van der Waals surface area contributed by atoms with Gasteiger partial charge in [0.25, 0.3) is 5.56 Å². The first-order chi connectivity index (χ1) is 8.95. The third-order valence-corrected chi connectivity index (χ3v) is 3.43. The highest BCUT2D eigenvalue weighted by molar-refractivity contribution is 6.36. The van der Waals surface area contributed by atoms with Crippen molar-refractivity contribution in [2.75, 3.05) is 5.73 Å². The molecule has 4 nitrogen and oxygen atoms in total. The molecule has 2 rings (SSSR count). The van der Waals surface area contributed by atoms with Gasteiger partial charge in [0.2, 0.25) is 0 Å². The Bertz CT molecular complexity index is 695. The minimum atomic E-state index is -0.254. The summed E-state index contributed by atoms with van der Waals surface area (Å²) in [5, 5.41) is 0.983. The standard InChI is InChI=1S/C13H13Cl2N3O/c1-3-18-12(17-7(2)11(16)13(18)19)9-5-4-8(14)6-10(9)15/h4-6H,3,16H2,1-2H3. The van der Waals surface area contributed by atoms with Crippen LogP contribution in [0.5, 0.6) is 0 Å². The Morgan fingerprint density at radius 2 is 2.05 bits per heavy atom. The average Bonchev–Trinajstić information content (AvgIpc) is 2.36. The Hall–Kier alpha value is -1.52. The summed E-state index contributed by atoms with van der Waals surface area (Å²) in [6.45, 7) is 4.01. The number of benzene rings is 1. The van der Waals surface area contributed by atoms with Crippen molar-refractivity contribution in [1.82, 2.24) is 9.55 Å². The lowest BCUT2D eigenvalue weighted by molar-refractivity contribution is 0.716. The predicted molar refractivity (Wildman–Crippen MR) is 78.8 cm³/mol. The third kappa shape index (κ3) is 2.46. The molecule has 2 N–H and O–H groups in total. The lowest BCUT2D eigenvalue weighted by Gasteiger charge is -2.13. The molecular weight excluding hydrogens is 285 g/mol. The van der Waals surface area contributed by atoms with E-state index in [0.717, 1.165) is 0 Å². The second-order valence-electron chi connectivity index (χ2n) is 4.11. The molecule has 0 amide bonds. The molecule has 0 aliphatic carbocycles. The molecule has 100 valence electrons. The Labute approximate surface area is 120 Å². The highest BCUT2D eigenvalue weighted by Crippen LogP contribution is 2.29. The van der Waals surface area contributed by atoms with Crippen molar-refractivity contribution < 1.29 is 0 Å². The van der Waals surface area contributed by atoms with Crippen LogP contribution in [0.2, 0.25) is 10.0 Å². The van der Waals surface area contributed by atoms with Crippen LogP contribution in [0.15, 0.2) is 23.0 Å². The fraction of sp³-hybridized carbons (Fsp3) is 0.231. The van der Waals surface area contributed by atoms with Crippen LogP contribution in [0, 0.1) is 6.92 Å². The number of nitrogen functional groups attached to an aromatic ring is 1. The maximum Gasteiger partial charge on any atom is 0.277 e. The Morgan fingerprint density at radius 3 is 2.63 bits per heavy atom. The summed E-state index contributed by atoms with van der Waals surface area (Å²) >= 11 is 12.0. The molecule has 0 saturated carbocycles. The van der Waals surface area contributed by atoms with E-state index < -0.39 is 0 Å². The second kappa shape index (κ2) is 5.23. The van der Waals surface area contributed by atoms with Crippen molar-refractivity contribution in [3.8, 4) is 11.4 Å². The SMILES string of the molecule is CCn1c(-c2ccc(Cl)cc2Cl)nc(C)c(N)c1=O. The summed E-state index contributed by atoms with van der Waals surface area (Å²) in [5.74, 6) is 0.501. The Kier molecular flexibility index (Phi) is 3.83. The number of hydrogen-bond acceptors (Lipinski definition) is 3. The van der Waals surface area contributed by atoms with Crippen molar-refractivity contribution in [3.63, 3.8) is 0 Å². The Balaban J connectivity index is 2.78. The van der Waals surface area contributed by atoms with E-state index >= 15 is 0 Å². The van der Waals surface area contributed by atoms with Crippen molar-refractivity contribution in [2.45, 2.75) is 20.4 Å². The molecule has 0 aliphatic rings. The molecule has 6 heteroatoms. The number of halogens is 2. The molecule has 1 aromatic carbocycles. The van der Waals surface area contributed by atoms with Gasteiger partial charge in [0, 0.05) is 17.1 Å². The molecular formula is C13H13Cl2N3O. The summed E-state index contributed by atoms with van der Waals surface area (Å²) in [7, 11) is 0. The van der Waals surface area contributed by atoms with Crippen LogP contribution in [0.3, 0.4) is 0 Å². The fourth-order valence-corrected chi connectivity index (χ4v) is 2.34. The van der Waals surface area contributed by atoms with E-state index in [9.17, 15) is 4.79 Å². The molecule has 0 spiro atoms. The lowest BCUT2D eigenvalue weighted by atomic mass is 10.2. The van der Waals surface area contributed by atoms with Gasteiger partial charge in [0.1, 0.15) is 11.5 Å². The van der Waals surface area contributed by atoms with Crippen LogP contribution in [0.4, 0.5) is 5.69 Å². The first-order valence-electron chi connectivity index (χ1n) is 5.78. The van der Waals surface area contributed by atoms with Crippen LogP contribution >= 0.6 is 23.2 Å². The smallest absolute Gasteiger partial charge is 0.277 e. The molecule has 2 aromatic rings. The van der Waals surface area contributed by atoms with E-state index in [-0.39, 0.29) is 11.2 Å². The number of nitrogens with two attached hydrogens (primary N) is 1. The number of anilines is 1. The lowest BCUT2D eigenvalue weighted by Crippen LogP contribution is -2.26. The van der Waals surface area contributed by atoms with Gasteiger partial charge in [-0.1, -0.05) is 23.2 Å². The topological polar surface area (TPSA) is 60.9 Å². The first kappa shape index (κ1) is 13.9. The molecule has 0 unspecified atom stereocenters. The maximum absolute atomic E-state index is 12.1. The zero-order valence-electron chi connectivity index (χ0n) is 10.6. The highest BCUT2D eigenvalue weighted by atomic mass is 35.5. The summed E-state index contributed by atoms with van der Waals surface area (Å²) in [5.41, 5.74) is 6.78. The zero-order valence-corrected chi connectivity index (χ0v) is 12.1. The van der Waals surface area contributed by atoms with E-state index in [1.807, 2.05) is 6.92 Å². The van der Waals surface area contributed by atoms with Gasteiger partial charge in [0.05, 0.1) is 10.7 Å². The quantitative estimate of drug-likeness (QED) is 0.926. The monoisotopic (exact) mass is 297 g/mol. The molecule has 0 radical (unpaired) electrons. The first-order valence-corrected chi connectivity index (χ1v) is 6.53.